The van der Waals surface area contributed by atoms with E-state index < -0.39 is 0 Å². The van der Waals surface area contributed by atoms with Gasteiger partial charge in [-0.3, -0.25) is 0 Å². The summed E-state index contributed by atoms with van der Waals surface area (Å²) < 4.78 is 1.23. The molecule has 2 heterocycles. The molecular formula is C13H16ClN3S. The monoisotopic (exact) mass is 281 g/mol. The van der Waals surface area contributed by atoms with Crippen LogP contribution in [0.3, 0.4) is 0 Å². The average molecular weight is 282 g/mol. The SMILES string of the molecule is Cc1c(Cl)ccc2sc(N3CCN(C)CC3)nc12. The number of hydrogen-bond acceptors (Lipinski definition) is 4. The van der Waals surface area contributed by atoms with Crippen LogP contribution in [0.1, 0.15) is 5.56 Å². The summed E-state index contributed by atoms with van der Waals surface area (Å²) in [7, 11) is 2.17. The van der Waals surface area contributed by atoms with Crippen LogP contribution in [0.15, 0.2) is 12.1 Å². The molecule has 1 aliphatic rings. The van der Waals surface area contributed by atoms with Crippen molar-refractivity contribution in [3.8, 4) is 0 Å². The summed E-state index contributed by atoms with van der Waals surface area (Å²) in [6, 6.07) is 4.03. The van der Waals surface area contributed by atoms with Gasteiger partial charge in [0.1, 0.15) is 0 Å². The first kappa shape index (κ1) is 12.2. The number of aromatic nitrogens is 1. The quantitative estimate of drug-likeness (QED) is 0.801. The Balaban J connectivity index is 1.96. The van der Waals surface area contributed by atoms with Crippen LogP contribution in [0.2, 0.25) is 5.02 Å². The maximum atomic E-state index is 6.15. The fourth-order valence-electron chi connectivity index (χ4n) is 2.22. The lowest BCUT2D eigenvalue weighted by Gasteiger charge is -2.32. The highest BCUT2D eigenvalue weighted by molar-refractivity contribution is 7.22. The van der Waals surface area contributed by atoms with Crippen molar-refractivity contribution < 1.29 is 0 Å². The van der Waals surface area contributed by atoms with Gasteiger partial charge in [-0.2, -0.15) is 0 Å². The Morgan fingerprint density at radius 1 is 1.22 bits per heavy atom. The Labute approximate surface area is 116 Å². The van der Waals surface area contributed by atoms with E-state index in [1.54, 1.807) is 11.3 Å². The lowest BCUT2D eigenvalue weighted by molar-refractivity contribution is 0.313. The van der Waals surface area contributed by atoms with E-state index in [9.17, 15) is 0 Å². The van der Waals surface area contributed by atoms with Gasteiger partial charge in [0.15, 0.2) is 5.13 Å². The van der Waals surface area contributed by atoms with Gasteiger partial charge in [0.2, 0.25) is 0 Å². The van der Waals surface area contributed by atoms with Crippen LogP contribution < -0.4 is 4.90 Å². The molecule has 5 heteroatoms. The molecule has 3 rings (SSSR count). The highest BCUT2D eigenvalue weighted by Gasteiger charge is 2.18. The van der Waals surface area contributed by atoms with E-state index in [0.29, 0.717) is 0 Å². The van der Waals surface area contributed by atoms with Crippen molar-refractivity contribution in [2.45, 2.75) is 6.92 Å². The number of fused-ring (bicyclic) bond motifs is 1. The fraction of sp³-hybridized carbons (Fsp3) is 0.462. The second kappa shape index (κ2) is 4.68. The van der Waals surface area contributed by atoms with E-state index in [0.717, 1.165) is 47.4 Å². The largest absolute Gasteiger partial charge is 0.345 e. The molecule has 0 aliphatic carbocycles. The molecule has 2 aromatic rings. The normalized spacial score (nSPS) is 17.6. The van der Waals surface area contributed by atoms with Gasteiger partial charge in [0.05, 0.1) is 10.2 Å². The number of aryl methyl sites for hydroxylation is 1. The van der Waals surface area contributed by atoms with Crippen LogP contribution in [0.4, 0.5) is 5.13 Å². The minimum absolute atomic E-state index is 0.803. The molecule has 1 aliphatic heterocycles. The van der Waals surface area contributed by atoms with E-state index >= 15 is 0 Å². The first-order valence-electron chi connectivity index (χ1n) is 6.14. The summed E-state index contributed by atoms with van der Waals surface area (Å²) in [4.78, 5) is 9.49. The zero-order chi connectivity index (χ0) is 12.7. The third-order valence-electron chi connectivity index (χ3n) is 3.51. The molecule has 1 fully saturated rings. The highest BCUT2D eigenvalue weighted by Crippen LogP contribution is 2.33. The second-order valence-electron chi connectivity index (χ2n) is 4.81. The predicted octanol–water partition coefficient (Wildman–Crippen LogP) is 3.01. The maximum Gasteiger partial charge on any atom is 0.186 e. The molecule has 1 aromatic carbocycles. The number of thiazole rings is 1. The Bertz CT molecular complexity index is 573. The molecule has 0 spiro atoms. The number of piperazine rings is 1. The number of halogens is 1. The molecule has 3 nitrogen and oxygen atoms in total. The van der Waals surface area contributed by atoms with Gasteiger partial charge in [-0.1, -0.05) is 22.9 Å². The molecule has 0 radical (unpaired) electrons. The molecular weight excluding hydrogens is 266 g/mol. The van der Waals surface area contributed by atoms with Gasteiger partial charge in [0, 0.05) is 31.2 Å². The summed E-state index contributed by atoms with van der Waals surface area (Å²) in [5.41, 5.74) is 2.15. The summed E-state index contributed by atoms with van der Waals surface area (Å²) in [6.07, 6.45) is 0. The number of hydrogen-bond donors (Lipinski definition) is 0. The van der Waals surface area contributed by atoms with Gasteiger partial charge in [0.25, 0.3) is 0 Å². The molecule has 0 atom stereocenters. The van der Waals surface area contributed by atoms with Gasteiger partial charge >= 0.3 is 0 Å². The third-order valence-corrected chi connectivity index (χ3v) is 5.00. The molecule has 0 N–H and O–H groups in total. The maximum absolute atomic E-state index is 6.15. The average Bonchev–Trinajstić information content (AvgIpc) is 2.80. The van der Waals surface area contributed by atoms with Gasteiger partial charge in [-0.15, -0.1) is 0 Å². The molecule has 0 amide bonds. The zero-order valence-electron chi connectivity index (χ0n) is 10.6. The highest BCUT2D eigenvalue weighted by atomic mass is 35.5. The van der Waals surface area contributed by atoms with Crippen molar-refractivity contribution in [1.29, 1.82) is 0 Å². The lowest BCUT2D eigenvalue weighted by atomic mass is 10.2. The lowest BCUT2D eigenvalue weighted by Crippen LogP contribution is -2.44. The first-order valence-corrected chi connectivity index (χ1v) is 7.34. The van der Waals surface area contributed by atoms with Crippen molar-refractivity contribution in [1.82, 2.24) is 9.88 Å². The zero-order valence-corrected chi connectivity index (χ0v) is 12.2. The Kier molecular flexibility index (Phi) is 3.18. The number of rotatable bonds is 1. The van der Waals surface area contributed by atoms with Crippen molar-refractivity contribution in [3.05, 3.63) is 22.7 Å². The minimum atomic E-state index is 0.803. The third kappa shape index (κ3) is 2.09. The van der Waals surface area contributed by atoms with Gasteiger partial charge in [-0.05, 0) is 31.7 Å². The van der Waals surface area contributed by atoms with Crippen LogP contribution in [-0.2, 0) is 0 Å². The topological polar surface area (TPSA) is 19.4 Å². The smallest absolute Gasteiger partial charge is 0.186 e. The number of nitrogens with zero attached hydrogens (tertiary/aromatic N) is 3. The van der Waals surface area contributed by atoms with E-state index in [4.69, 9.17) is 16.6 Å². The van der Waals surface area contributed by atoms with Crippen LogP contribution in [0, 0.1) is 6.92 Å². The number of anilines is 1. The minimum Gasteiger partial charge on any atom is -0.345 e. The van der Waals surface area contributed by atoms with E-state index in [1.165, 1.54) is 4.70 Å². The molecule has 1 saturated heterocycles. The summed E-state index contributed by atoms with van der Waals surface area (Å²) >= 11 is 7.91. The predicted molar refractivity (Wildman–Crippen MR) is 79.1 cm³/mol. The van der Waals surface area contributed by atoms with Crippen molar-refractivity contribution >= 4 is 38.3 Å². The van der Waals surface area contributed by atoms with Crippen molar-refractivity contribution in [2.24, 2.45) is 0 Å². The van der Waals surface area contributed by atoms with Gasteiger partial charge in [-0.25, -0.2) is 4.98 Å². The van der Waals surface area contributed by atoms with Crippen molar-refractivity contribution in [3.63, 3.8) is 0 Å². The van der Waals surface area contributed by atoms with E-state index in [2.05, 4.69) is 22.9 Å². The molecule has 18 heavy (non-hydrogen) atoms. The summed E-state index contributed by atoms with van der Waals surface area (Å²) in [5.74, 6) is 0. The Hall–Kier alpha value is -0.840. The Morgan fingerprint density at radius 2 is 1.94 bits per heavy atom. The second-order valence-corrected chi connectivity index (χ2v) is 6.22. The molecule has 0 unspecified atom stereocenters. The van der Waals surface area contributed by atoms with Crippen molar-refractivity contribution in [2.75, 3.05) is 38.1 Å². The Morgan fingerprint density at radius 3 is 2.67 bits per heavy atom. The molecule has 0 bridgehead atoms. The number of benzene rings is 1. The van der Waals surface area contributed by atoms with E-state index in [-0.39, 0.29) is 0 Å². The fourth-order valence-corrected chi connectivity index (χ4v) is 3.45. The van der Waals surface area contributed by atoms with E-state index in [1.807, 2.05) is 13.0 Å². The first-order chi connectivity index (χ1) is 8.65. The molecule has 1 aromatic heterocycles. The summed E-state index contributed by atoms with van der Waals surface area (Å²) in [6.45, 7) is 6.37. The molecule has 0 saturated carbocycles. The summed E-state index contributed by atoms with van der Waals surface area (Å²) in [5, 5.41) is 1.93. The van der Waals surface area contributed by atoms with Gasteiger partial charge < -0.3 is 9.80 Å². The van der Waals surface area contributed by atoms with Crippen LogP contribution in [0.5, 0.6) is 0 Å². The standard InChI is InChI=1S/C13H16ClN3S/c1-9-10(14)3-4-11-12(9)15-13(18-11)17-7-5-16(2)6-8-17/h3-4H,5-8H2,1-2H3. The van der Waals surface area contributed by atoms with Crippen LogP contribution >= 0.6 is 22.9 Å². The van der Waals surface area contributed by atoms with Crippen LogP contribution in [0.25, 0.3) is 10.2 Å². The van der Waals surface area contributed by atoms with Crippen LogP contribution in [-0.4, -0.2) is 43.1 Å². The number of likely N-dealkylation sites (N-methyl/N-ethyl adjacent to an activating group) is 1. The molecule has 96 valence electrons.